The highest BCUT2D eigenvalue weighted by molar-refractivity contribution is 5.51. The van der Waals surface area contributed by atoms with Crippen molar-refractivity contribution < 1.29 is 13.9 Å². The van der Waals surface area contributed by atoms with Crippen molar-refractivity contribution in [2.75, 3.05) is 14.2 Å². The van der Waals surface area contributed by atoms with Gasteiger partial charge in [-0.25, -0.2) is 4.39 Å². The lowest BCUT2D eigenvalue weighted by atomic mass is 10.2. The van der Waals surface area contributed by atoms with E-state index in [1.165, 1.54) is 32.6 Å². The monoisotopic (exact) mass is 182 g/mol. The molecule has 0 amide bonds. The van der Waals surface area contributed by atoms with Crippen LogP contribution < -0.4 is 4.74 Å². The van der Waals surface area contributed by atoms with Crippen LogP contribution in [0.4, 0.5) is 4.39 Å². The van der Waals surface area contributed by atoms with Crippen LogP contribution >= 0.6 is 0 Å². The van der Waals surface area contributed by atoms with Gasteiger partial charge in [-0.15, -0.1) is 0 Å². The van der Waals surface area contributed by atoms with Crippen molar-refractivity contribution in [1.82, 2.24) is 0 Å². The minimum absolute atomic E-state index is 0.297. The Kier molecular flexibility index (Phi) is 3.31. The number of methoxy groups -OCH3 is 2. The van der Waals surface area contributed by atoms with Crippen LogP contribution in [-0.4, -0.2) is 14.2 Å². The van der Waals surface area contributed by atoms with Gasteiger partial charge < -0.3 is 9.47 Å². The summed E-state index contributed by atoms with van der Waals surface area (Å²) in [6, 6.07) is 4.53. The second-order valence-electron chi connectivity index (χ2n) is 2.43. The summed E-state index contributed by atoms with van der Waals surface area (Å²) in [5, 5.41) is 0. The summed E-state index contributed by atoms with van der Waals surface area (Å²) in [5.41, 5.74) is 0.446. The second-order valence-corrected chi connectivity index (χ2v) is 2.43. The Bertz CT molecular complexity index is 308. The van der Waals surface area contributed by atoms with Gasteiger partial charge >= 0.3 is 0 Å². The fraction of sp³-hybridized carbons (Fsp3) is 0.200. The Morgan fingerprint density at radius 2 is 2.08 bits per heavy atom. The summed E-state index contributed by atoms with van der Waals surface area (Å²) in [5.74, 6) is 0.325. The topological polar surface area (TPSA) is 18.5 Å². The molecule has 0 aromatic heterocycles. The first-order valence-corrected chi connectivity index (χ1v) is 3.81. The Balaban J connectivity index is 2.97. The van der Waals surface area contributed by atoms with E-state index in [1.807, 2.05) is 0 Å². The van der Waals surface area contributed by atoms with Crippen molar-refractivity contribution in [3.63, 3.8) is 0 Å². The minimum atomic E-state index is -0.297. The molecule has 0 unspecified atom stereocenters. The Hall–Kier alpha value is -1.51. The molecule has 0 saturated carbocycles. The summed E-state index contributed by atoms with van der Waals surface area (Å²) in [7, 11) is 3.05. The van der Waals surface area contributed by atoms with Crippen LogP contribution in [0.25, 0.3) is 6.08 Å². The normalized spacial score (nSPS) is 10.4. The molecule has 1 aromatic carbocycles. The van der Waals surface area contributed by atoms with Crippen molar-refractivity contribution >= 4 is 6.08 Å². The molecule has 0 spiro atoms. The van der Waals surface area contributed by atoms with Gasteiger partial charge in [0.2, 0.25) is 0 Å². The van der Waals surface area contributed by atoms with E-state index in [0.717, 1.165) is 0 Å². The summed E-state index contributed by atoms with van der Waals surface area (Å²) >= 11 is 0. The zero-order valence-corrected chi connectivity index (χ0v) is 7.58. The lowest BCUT2D eigenvalue weighted by Crippen LogP contribution is -1.86. The number of halogens is 1. The first kappa shape index (κ1) is 9.58. The van der Waals surface area contributed by atoms with E-state index >= 15 is 0 Å². The third kappa shape index (κ3) is 2.47. The zero-order chi connectivity index (χ0) is 9.68. The Labute approximate surface area is 76.6 Å². The van der Waals surface area contributed by atoms with Crippen molar-refractivity contribution in [2.24, 2.45) is 0 Å². The van der Waals surface area contributed by atoms with Crippen LogP contribution in [0, 0.1) is 5.82 Å². The molecule has 3 heteroatoms. The Morgan fingerprint density at radius 3 is 2.69 bits per heavy atom. The second kappa shape index (κ2) is 4.50. The number of benzene rings is 1. The van der Waals surface area contributed by atoms with Gasteiger partial charge in [0, 0.05) is 5.56 Å². The molecule has 0 aliphatic heterocycles. The average molecular weight is 182 g/mol. The molecule has 1 aromatic rings. The maximum atomic E-state index is 13.1. The van der Waals surface area contributed by atoms with Gasteiger partial charge in [0.1, 0.15) is 11.6 Å². The van der Waals surface area contributed by atoms with Gasteiger partial charge in [0.05, 0.1) is 20.5 Å². The highest BCUT2D eigenvalue weighted by atomic mass is 19.1. The predicted molar refractivity (Wildman–Crippen MR) is 49.0 cm³/mol. The molecule has 1 rings (SSSR count). The molecule has 0 atom stereocenters. The minimum Gasteiger partial charge on any atom is -0.504 e. The molecule has 70 valence electrons. The molecule has 0 radical (unpaired) electrons. The number of hydrogen-bond acceptors (Lipinski definition) is 2. The van der Waals surface area contributed by atoms with Crippen LogP contribution in [0.3, 0.4) is 0 Å². The standard InChI is InChI=1S/C10H11FO2/c1-12-6-5-8-7-9(13-2)3-4-10(8)11/h3-7H,1-2H3. The molecule has 0 heterocycles. The van der Waals surface area contributed by atoms with E-state index in [1.54, 1.807) is 12.1 Å². The van der Waals surface area contributed by atoms with E-state index in [2.05, 4.69) is 4.74 Å². The van der Waals surface area contributed by atoms with Gasteiger partial charge in [-0.3, -0.25) is 0 Å². The molecule has 0 fully saturated rings. The smallest absolute Gasteiger partial charge is 0.130 e. The quantitative estimate of drug-likeness (QED) is 0.668. The first-order valence-electron chi connectivity index (χ1n) is 3.81. The van der Waals surface area contributed by atoms with Crippen molar-refractivity contribution in [3.8, 4) is 5.75 Å². The molecule has 2 nitrogen and oxygen atoms in total. The predicted octanol–water partition coefficient (Wildman–Crippen LogP) is 2.45. The van der Waals surface area contributed by atoms with Gasteiger partial charge in [-0.2, -0.15) is 0 Å². The highest BCUT2D eigenvalue weighted by Crippen LogP contribution is 2.17. The summed E-state index contributed by atoms with van der Waals surface area (Å²) in [6.45, 7) is 0. The fourth-order valence-electron chi connectivity index (χ4n) is 0.918. The van der Waals surface area contributed by atoms with Crippen LogP contribution in [0.1, 0.15) is 5.56 Å². The summed E-state index contributed by atoms with van der Waals surface area (Å²) < 4.78 is 22.7. The molecule has 0 N–H and O–H groups in total. The fourth-order valence-corrected chi connectivity index (χ4v) is 0.918. The molecule has 0 bridgehead atoms. The molecular weight excluding hydrogens is 171 g/mol. The van der Waals surface area contributed by atoms with E-state index in [0.29, 0.717) is 11.3 Å². The summed E-state index contributed by atoms with van der Waals surface area (Å²) in [6.07, 6.45) is 2.95. The van der Waals surface area contributed by atoms with Crippen molar-refractivity contribution in [1.29, 1.82) is 0 Å². The molecule has 0 saturated heterocycles. The van der Waals surface area contributed by atoms with Gasteiger partial charge in [0.15, 0.2) is 0 Å². The molecular formula is C10H11FO2. The summed E-state index contributed by atoms with van der Waals surface area (Å²) in [4.78, 5) is 0. The largest absolute Gasteiger partial charge is 0.504 e. The highest BCUT2D eigenvalue weighted by Gasteiger charge is 1.99. The van der Waals surface area contributed by atoms with Gasteiger partial charge in [-0.05, 0) is 24.3 Å². The first-order chi connectivity index (χ1) is 6.27. The van der Waals surface area contributed by atoms with Gasteiger partial charge in [-0.1, -0.05) is 0 Å². The molecule has 0 aliphatic carbocycles. The van der Waals surface area contributed by atoms with E-state index in [-0.39, 0.29) is 5.82 Å². The lowest BCUT2D eigenvalue weighted by molar-refractivity contribution is 0.341. The Morgan fingerprint density at radius 1 is 1.31 bits per heavy atom. The van der Waals surface area contributed by atoms with Crippen LogP contribution in [0.2, 0.25) is 0 Å². The van der Waals surface area contributed by atoms with Crippen LogP contribution in [0.15, 0.2) is 24.5 Å². The SMILES string of the molecule is COC=Cc1cc(OC)ccc1F. The van der Waals surface area contributed by atoms with Crippen LogP contribution in [-0.2, 0) is 4.74 Å². The number of rotatable bonds is 3. The van der Waals surface area contributed by atoms with Crippen molar-refractivity contribution in [2.45, 2.75) is 0 Å². The number of ether oxygens (including phenoxy) is 2. The number of hydrogen-bond donors (Lipinski definition) is 0. The zero-order valence-electron chi connectivity index (χ0n) is 7.58. The van der Waals surface area contributed by atoms with Gasteiger partial charge in [0.25, 0.3) is 0 Å². The molecule has 13 heavy (non-hydrogen) atoms. The van der Waals surface area contributed by atoms with E-state index in [4.69, 9.17) is 4.74 Å². The molecule has 0 aliphatic rings. The van der Waals surface area contributed by atoms with Crippen LogP contribution in [0.5, 0.6) is 5.75 Å². The third-order valence-electron chi connectivity index (χ3n) is 1.59. The van der Waals surface area contributed by atoms with E-state index in [9.17, 15) is 4.39 Å². The van der Waals surface area contributed by atoms with E-state index < -0.39 is 0 Å². The maximum Gasteiger partial charge on any atom is 0.130 e. The van der Waals surface area contributed by atoms with Crippen molar-refractivity contribution in [3.05, 3.63) is 35.8 Å². The maximum absolute atomic E-state index is 13.1. The lowest BCUT2D eigenvalue weighted by Gasteiger charge is -2.01. The average Bonchev–Trinajstić information content (AvgIpc) is 2.17. The third-order valence-corrected chi connectivity index (χ3v) is 1.59.